The summed E-state index contributed by atoms with van der Waals surface area (Å²) in [7, 11) is 0. The first-order valence-corrected chi connectivity index (χ1v) is 21.9. The molecule has 2 aromatic carbocycles. The van der Waals surface area contributed by atoms with Crippen LogP contribution in [-0.2, 0) is 23.7 Å². The Bertz CT molecular complexity index is 1770. The van der Waals surface area contributed by atoms with Gasteiger partial charge in [-0.3, -0.25) is 0 Å². The van der Waals surface area contributed by atoms with Crippen molar-refractivity contribution in [2.75, 3.05) is 46.6 Å². The van der Waals surface area contributed by atoms with Gasteiger partial charge < -0.3 is 60.5 Å². The summed E-state index contributed by atoms with van der Waals surface area (Å²) < 4.78 is 28.3. The van der Waals surface area contributed by atoms with Crippen molar-refractivity contribution in [3.63, 3.8) is 0 Å². The maximum absolute atomic E-state index is 14.2. The van der Waals surface area contributed by atoms with Gasteiger partial charge in [-0.05, 0) is 152 Å². The van der Waals surface area contributed by atoms with E-state index < -0.39 is 83.1 Å². The van der Waals surface area contributed by atoms with Crippen LogP contribution in [0.25, 0.3) is 0 Å². The number of rotatable bonds is 9. The van der Waals surface area contributed by atoms with E-state index in [1.807, 2.05) is 28.0 Å². The lowest BCUT2D eigenvalue weighted by Crippen LogP contribution is -2.58. The van der Waals surface area contributed by atoms with Crippen molar-refractivity contribution in [3.8, 4) is 0 Å². The zero-order valence-corrected chi connectivity index (χ0v) is 40.2. The summed E-state index contributed by atoms with van der Waals surface area (Å²) in [6, 6.07) is 10.4. The van der Waals surface area contributed by atoms with E-state index in [4.69, 9.17) is 29.4 Å². The van der Waals surface area contributed by atoms with Crippen molar-refractivity contribution in [2.45, 2.75) is 162 Å². The molecule has 2 heterocycles. The molecule has 356 valence electrons. The number of anilines is 5. The van der Waals surface area contributed by atoms with Crippen LogP contribution >= 0.6 is 0 Å². The van der Waals surface area contributed by atoms with Crippen LogP contribution in [0.4, 0.5) is 52.4 Å². The highest BCUT2D eigenvalue weighted by atomic mass is 16.6. The second-order valence-corrected chi connectivity index (χ2v) is 20.7. The predicted molar refractivity (Wildman–Crippen MR) is 247 cm³/mol. The summed E-state index contributed by atoms with van der Waals surface area (Å²) in [6.07, 6.45) is -2.85. The molecule has 2 saturated heterocycles. The Kier molecular flexibility index (Phi) is 16.2. The molecule has 18 heteroatoms. The molecule has 64 heavy (non-hydrogen) atoms. The van der Waals surface area contributed by atoms with Crippen LogP contribution in [0, 0.1) is 0 Å². The molecule has 5 amide bonds. The fraction of sp³-hybridized carbons (Fsp3) is 0.630. The molecule has 0 spiro atoms. The maximum atomic E-state index is 14.2. The Balaban J connectivity index is 1.88. The van der Waals surface area contributed by atoms with Gasteiger partial charge in [0.15, 0.2) is 0 Å². The average molecular weight is 897 g/mol. The molecule has 0 saturated carbocycles. The van der Waals surface area contributed by atoms with Crippen LogP contribution in [0.5, 0.6) is 0 Å². The van der Waals surface area contributed by atoms with Crippen molar-refractivity contribution < 1.29 is 47.7 Å². The highest BCUT2D eigenvalue weighted by Crippen LogP contribution is 2.37. The van der Waals surface area contributed by atoms with Crippen LogP contribution < -0.4 is 41.7 Å². The minimum atomic E-state index is -0.757. The summed E-state index contributed by atoms with van der Waals surface area (Å²) >= 11 is 0. The number of carbonyl (C=O) groups is 5. The molecule has 6 N–H and O–H groups in total. The normalized spacial score (nSPS) is 19.5. The van der Waals surface area contributed by atoms with E-state index in [0.29, 0.717) is 67.5 Å². The van der Waals surface area contributed by atoms with Crippen LogP contribution in [0.1, 0.15) is 110 Å². The van der Waals surface area contributed by atoms with Gasteiger partial charge in [-0.15, -0.1) is 0 Å². The van der Waals surface area contributed by atoms with E-state index in [2.05, 4.69) is 21.3 Å². The molecule has 0 radical (unpaired) electrons. The minimum Gasteiger partial charge on any atom is -0.446 e. The number of hydrogen-bond donors (Lipinski definition) is 5. The van der Waals surface area contributed by atoms with E-state index in [1.165, 1.54) is 4.90 Å². The summed E-state index contributed by atoms with van der Waals surface area (Å²) in [5.41, 5.74) is 5.69. The first kappa shape index (κ1) is 50.8. The molecule has 18 nitrogen and oxygen atoms in total. The molecule has 2 fully saturated rings. The third kappa shape index (κ3) is 17.1. The van der Waals surface area contributed by atoms with Gasteiger partial charge in [0.2, 0.25) is 0 Å². The molecule has 0 bridgehead atoms. The summed E-state index contributed by atoms with van der Waals surface area (Å²) in [6.45, 7) is 26.0. The Morgan fingerprint density at radius 2 is 0.859 bits per heavy atom. The molecule has 2 aromatic rings. The summed E-state index contributed by atoms with van der Waals surface area (Å²) in [5.74, 6) is 0. The quantitative estimate of drug-likeness (QED) is 0.120. The Morgan fingerprint density at radius 1 is 0.547 bits per heavy atom. The molecule has 4 unspecified atom stereocenters. The third-order valence-corrected chi connectivity index (χ3v) is 9.33. The van der Waals surface area contributed by atoms with Crippen LogP contribution in [0.2, 0.25) is 0 Å². The highest BCUT2D eigenvalue weighted by molar-refractivity contribution is 5.97. The first-order chi connectivity index (χ1) is 29.4. The number of benzene rings is 2. The van der Waals surface area contributed by atoms with E-state index in [-0.39, 0.29) is 0 Å². The number of ether oxygens (including phenoxy) is 5. The lowest BCUT2D eigenvalue weighted by molar-refractivity contribution is 0.0452. The Morgan fingerprint density at radius 3 is 1.14 bits per heavy atom. The van der Waals surface area contributed by atoms with E-state index >= 15 is 0 Å². The summed E-state index contributed by atoms with van der Waals surface area (Å²) in [5, 5.41) is 11.9. The first-order valence-electron chi connectivity index (χ1n) is 21.9. The molecule has 0 aliphatic carbocycles. The monoisotopic (exact) mass is 897 g/mol. The van der Waals surface area contributed by atoms with Crippen molar-refractivity contribution >= 4 is 58.9 Å². The maximum Gasteiger partial charge on any atom is 0.419 e. The molecule has 0 aromatic heterocycles. The minimum absolute atomic E-state index is 0.290. The van der Waals surface area contributed by atoms with E-state index in [0.717, 1.165) is 0 Å². The van der Waals surface area contributed by atoms with Gasteiger partial charge in [0.05, 0.1) is 41.6 Å². The topological polar surface area (TPSA) is 215 Å². The van der Waals surface area contributed by atoms with E-state index in [1.54, 1.807) is 121 Å². The number of nitrogen functional groups attached to an aromatic ring is 1. The van der Waals surface area contributed by atoms with Crippen LogP contribution in [0.15, 0.2) is 42.5 Å². The third-order valence-electron chi connectivity index (χ3n) is 9.33. The number of nitrogens with zero attached hydrogens (tertiary/aromatic N) is 3. The number of piperidine rings is 2. The van der Waals surface area contributed by atoms with Crippen molar-refractivity contribution in [1.82, 2.24) is 21.3 Å². The number of carbonyl (C=O) groups excluding carboxylic acids is 5. The molecule has 2 aliphatic heterocycles. The largest absolute Gasteiger partial charge is 0.446 e. The molecule has 4 rings (SSSR count). The van der Waals surface area contributed by atoms with Gasteiger partial charge >= 0.3 is 30.5 Å². The van der Waals surface area contributed by atoms with Gasteiger partial charge in [-0.1, -0.05) is 0 Å². The fourth-order valence-corrected chi connectivity index (χ4v) is 7.25. The highest BCUT2D eigenvalue weighted by Gasteiger charge is 2.36. The van der Waals surface area contributed by atoms with Crippen LogP contribution in [0.3, 0.4) is 0 Å². The number of hydrogen-bond acceptors (Lipinski definition) is 13. The van der Waals surface area contributed by atoms with Gasteiger partial charge in [-0.25, -0.2) is 28.9 Å². The average Bonchev–Trinajstić information content (AvgIpc) is 3.08. The van der Waals surface area contributed by atoms with Crippen LogP contribution in [-0.4, -0.2) is 109 Å². The lowest BCUT2D eigenvalue weighted by Gasteiger charge is -2.42. The number of amides is 5. The van der Waals surface area contributed by atoms with E-state index in [9.17, 15) is 24.0 Å². The zero-order chi connectivity index (χ0) is 47.9. The lowest BCUT2D eigenvalue weighted by atomic mass is 9.98. The fourth-order valence-electron chi connectivity index (χ4n) is 7.25. The smallest absolute Gasteiger partial charge is 0.419 e. The molecule has 2 aliphatic rings. The second-order valence-electron chi connectivity index (χ2n) is 20.7. The van der Waals surface area contributed by atoms with Gasteiger partial charge in [0.25, 0.3) is 0 Å². The predicted octanol–water partition coefficient (Wildman–Crippen LogP) is 7.95. The van der Waals surface area contributed by atoms with Gasteiger partial charge in [0.1, 0.15) is 22.4 Å². The van der Waals surface area contributed by atoms with Crippen molar-refractivity contribution in [2.24, 2.45) is 0 Å². The zero-order valence-electron chi connectivity index (χ0n) is 40.2. The molecule has 4 atom stereocenters. The number of nitrogens with two attached hydrogens (primary N) is 1. The number of alkyl carbamates (subject to hydrolysis) is 4. The second kappa shape index (κ2) is 20.4. The van der Waals surface area contributed by atoms with Crippen molar-refractivity contribution in [1.29, 1.82) is 0 Å². The van der Waals surface area contributed by atoms with Gasteiger partial charge in [0, 0.05) is 43.2 Å². The Hall–Kier alpha value is -5.81. The van der Waals surface area contributed by atoms with Crippen molar-refractivity contribution in [3.05, 3.63) is 42.5 Å². The number of nitrogens with one attached hydrogen (secondary N) is 4. The van der Waals surface area contributed by atoms with Gasteiger partial charge in [-0.2, -0.15) is 0 Å². The Labute approximate surface area is 378 Å². The SMILES string of the molecule is CC(C)OC(=O)N(c1ccc(N)cc1)c1cc(N2CC(NC(=O)OC(C)(C)C)CC(NC(=O)OC(C)(C)C)C2)cc(N2CC(NC(=O)OC(C)(C)C)CC(NC(=O)OC(C)(C)C)C2)c1. The molecular weight excluding hydrogens is 825 g/mol. The molecular formula is C46H72N8O10. The standard InChI is InChI=1S/C46H72N8O10/c1-28(2)60-42(59)54(34-17-15-29(47)16-18-34)37-22-35(52-24-30(48-38(55)61-43(3,4)5)19-31(25-52)49-39(56)62-44(6,7)8)21-36(23-37)53-26-32(50-40(57)63-45(9,10)11)20-33(27-53)51-41(58)64-46(12,13)14/h15-18,21-23,28,30-33H,19-20,24-27,47H2,1-14H3,(H,48,55)(H,49,56)(H,50,57)(H,51,58). The summed E-state index contributed by atoms with van der Waals surface area (Å²) in [4.78, 5) is 72.4.